The maximum absolute atomic E-state index is 13.2. The number of benzene rings is 1. The van der Waals surface area contributed by atoms with Crippen LogP contribution >= 0.6 is 0 Å². The van der Waals surface area contributed by atoms with E-state index in [0.29, 0.717) is 11.6 Å². The van der Waals surface area contributed by atoms with Crippen LogP contribution in [0.15, 0.2) is 18.2 Å². The number of rotatable bonds is 5. The summed E-state index contributed by atoms with van der Waals surface area (Å²) in [5.74, 6) is -1.12. The van der Waals surface area contributed by atoms with Gasteiger partial charge in [0.15, 0.2) is 0 Å². The van der Waals surface area contributed by atoms with E-state index in [1.165, 1.54) is 50.7 Å². The Morgan fingerprint density at radius 2 is 1.67 bits per heavy atom. The van der Waals surface area contributed by atoms with Gasteiger partial charge in [-0.25, -0.2) is 8.78 Å². The van der Waals surface area contributed by atoms with E-state index in [1.807, 2.05) is 0 Å². The topological polar surface area (TPSA) is 29.3 Å². The minimum absolute atomic E-state index is 0.316. The average molecular weight is 296 g/mol. The van der Waals surface area contributed by atoms with Gasteiger partial charge in [-0.1, -0.05) is 25.7 Å². The van der Waals surface area contributed by atoms with Gasteiger partial charge in [-0.05, 0) is 50.6 Å². The summed E-state index contributed by atoms with van der Waals surface area (Å²) in [6.45, 7) is 0.865. The third kappa shape index (κ3) is 5.04. The van der Waals surface area contributed by atoms with E-state index in [4.69, 9.17) is 5.73 Å². The molecule has 1 fully saturated rings. The fraction of sp³-hybridized carbons (Fsp3) is 0.647. The number of nitrogens with two attached hydrogens (primary N) is 1. The SMILES string of the molecule is CN(CCC(N)c1cc(F)cc(F)c1)C1CCCCCC1. The highest BCUT2D eigenvalue weighted by atomic mass is 19.1. The van der Waals surface area contributed by atoms with Gasteiger partial charge in [-0.2, -0.15) is 0 Å². The predicted octanol–water partition coefficient (Wildman–Crippen LogP) is 4.01. The van der Waals surface area contributed by atoms with Crippen LogP contribution in [0.2, 0.25) is 0 Å². The molecule has 0 heterocycles. The third-order valence-corrected chi connectivity index (χ3v) is 4.55. The second-order valence-electron chi connectivity index (χ2n) is 6.22. The molecular weight excluding hydrogens is 270 g/mol. The number of nitrogens with zero attached hydrogens (tertiary/aromatic N) is 1. The highest BCUT2D eigenvalue weighted by Gasteiger charge is 2.18. The first-order chi connectivity index (χ1) is 10.1. The monoisotopic (exact) mass is 296 g/mol. The van der Waals surface area contributed by atoms with E-state index >= 15 is 0 Å². The first-order valence-corrected chi connectivity index (χ1v) is 7.98. The molecule has 0 aromatic heterocycles. The zero-order valence-corrected chi connectivity index (χ0v) is 12.8. The largest absolute Gasteiger partial charge is 0.324 e. The Kier molecular flexibility index (Phi) is 6.12. The molecule has 118 valence electrons. The molecule has 21 heavy (non-hydrogen) atoms. The van der Waals surface area contributed by atoms with Gasteiger partial charge >= 0.3 is 0 Å². The summed E-state index contributed by atoms with van der Waals surface area (Å²) in [4.78, 5) is 2.36. The zero-order chi connectivity index (χ0) is 15.2. The minimum atomic E-state index is -0.558. The number of halogens is 2. The Morgan fingerprint density at radius 1 is 1.10 bits per heavy atom. The van der Waals surface area contributed by atoms with Crippen molar-refractivity contribution in [3.63, 3.8) is 0 Å². The van der Waals surface area contributed by atoms with Crippen molar-refractivity contribution in [1.82, 2.24) is 4.90 Å². The highest BCUT2D eigenvalue weighted by molar-refractivity contribution is 5.21. The van der Waals surface area contributed by atoms with Gasteiger partial charge in [0, 0.05) is 18.2 Å². The second kappa shape index (κ2) is 7.85. The lowest BCUT2D eigenvalue weighted by Gasteiger charge is -2.28. The van der Waals surface area contributed by atoms with Crippen LogP contribution in [0.25, 0.3) is 0 Å². The first kappa shape index (κ1) is 16.4. The van der Waals surface area contributed by atoms with Gasteiger partial charge in [0.05, 0.1) is 0 Å². The zero-order valence-electron chi connectivity index (χ0n) is 12.8. The summed E-state index contributed by atoms with van der Waals surface area (Å²) < 4.78 is 26.4. The smallest absolute Gasteiger partial charge is 0.126 e. The summed E-state index contributed by atoms with van der Waals surface area (Å²) in [6, 6.07) is 3.86. The van der Waals surface area contributed by atoms with E-state index in [1.54, 1.807) is 0 Å². The molecular formula is C17H26F2N2. The molecule has 2 nitrogen and oxygen atoms in total. The van der Waals surface area contributed by atoms with E-state index in [-0.39, 0.29) is 6.04 Å². The van der Waals surface area contributed by atoms with Crippen LogP contribution < -0.4 is 5.73 Å². The normalized spacial score (nSPS) is 18.7. The number of hydrogen-bond donors (Lipinski definition) is 1. The Hall–Kier alpha value is -1.00. The van der Waals surface area contributed by atoms with Crippen molar-refractivity contribution in [2.75, 3.05) is 13.6 Å². The summed E-state index contributed by atoms with van der Waals surface area (Å²) in [7, 11) is 2.13. The Balaban J connectivity index is 1.86. The van der Waals surface area contributed by atoms with Gasteiger partial charge in [0.1, 0.15) is 11.6 Å². The molecule has 0 amide bonds. The highest BCUT2D eigenvalue weighted by Crippen LogP contribution is 2.23. The number of hydrogen-bond acceptors (Lipinski definition) is 2. The van der Waals surface area contributed by atoms with Gasteiger partial charge in [-0.3, -0.25) is 0 Å². The van der Waals surface area contributed by atoms with Gasteiger partial charge in [-0.15, -0.1) is 0 Å². The van der Waals surface area contributed by atoms with Crippen LogP contribution in [0.4, 0.5) is 8.78 Å². The van der Waals surface area contributed by atoms with Crippen molar-refractivity contribution in [1.29, 1.82) is 0 Å². The molecule has 0 radical (unpaired) electrons. The Labute approximate surface area is 126 Å². The van der Waals surface area contributed by atoms with Crippen molar-refractivity contribution >= 4 is 0 Å². The van der Waals surface area contributed by atoms with Gasteiger partial charge in [0.2, 0.25) is 0 Å². The molecule has 1 aliphatic rings. The summed E-state index contributed by atoms with van der Waals surface area (Å²) in [5, 5.41) is 0. The summed E-state index contributed by atoms with van der Waals surface area (Å²) in [6.07, 6.45) is 8.50. The molecule has 2 rings (SSSR count). The summed E-state index contributed by atoms with van der Waals surface area (Å²) >= 11 is 0. The quantitative estimate of drug-likeness (QED) is 0.832. The molecule has 1 aromatic carbocycles. The van der Waals surface area contributed by atoms with Gasteiger partial charge < -0.3 is 10.6 Å². The van der Waals surface area contributed by atoms with Crippen LogP contribution in [0.1, 0.15) is 56.6 Å². The molecule has 1 aromatic rings. The van der Waals surface area contributed by atoms with Crippen LogP contribution in [-0.2, 0) is 0 Å². The maximum Gasteiger partial charge on any atom is 0.126 e. The van der Waals surface area contributed by atoms with Crippen molar-refractivity contribution in [3.8, 4) is 0 Å². The van der Waals surface area contributed by atoms with Crippen molar-refractivity contribution in [3.05, 3.63) is 35.4 Å². The minimum Gasteiger partial charge on any atom is -0.324 e. The molecule has 1 aliphatic carbocycles. The lowest BCUT2D eigenvalue weighted by atomic mass is 10.0. The standard InChI is InChI=1S/C17H26F2N2/c1-21(16-6-4-2-3-5-7-16)9-8-17(20)13-10-14(18)12-15(19)11-13/h10-12,16-17H,2-9,20H2,1H3. The van der Waals surface area contributed by atoms with Crippen LogP contribution in [0.5, 0.6) is 0 Å². The fourth-order valence-corrected chi connectivity index (χ4v) is 3.18. The molecule has 0 bridgehead atoms. The summed E-state index contributed by atoms with van der Waals surface area (Å²) in [5.41, 5.74) is 6.62. The molecule has 4 heteroatoms. The van der Waals surface area contributed by atoms with Crippen LogP contribution in [0.3, 0.4) is 0 Å². The molecule has 0 saturated heterocycles. The van der Waals surface area contributed by atoms with Gasteiger partial charge in [0.25, 0.3) is 0 Å². The molecule has 1 atom stereocenters. The first-order valence-electron chi connectivity index (χ1n) is 7.98. The van der Waals surface area contributed by atoms with Crippen molar-refractivity contribution < 1.29 is 8.78 Å². The molecule has 0 aliphatic heterocycles. The van der Waals surface area contributed by atoms with Crippen LogP contribution in [-0.4, -0.2) is 24.5 Å². The third-order valence-electron chi connectivity index (χ3n) is 4.55. The Morgan fingerprint density at radius 3 is 2.24 bits per heavy atom. The average Bonchev–Trinajstić information content (AvgIpc) is 2.72. The second-order valence-corrected chi connectivity index (χ2v) is 6.22. The lowest BCUT2D eigenvalue weighted by molar-refractivity contribution is 0.214. The Bertz CT molecular complexity index is 422. The predicted molar refractivity (Wildman–Crippen MR) is 82.0 cm³/mol. The fourth-order valence-electron chi connectivity index (χ4n) is 3.18. The van der Waals surface area contributed by atoms with Crippen LogP contribution in [0, 0.1) is 11.6 Å². The van der Waals surface area contributed by atoms with Crippen molar-refractivity contribution in [2.24, 2.45) is 5.73 Å². The molecule has 1 unspecified atom stereocenters. The molecule has 0 spiro atoms. The van der Waals surface area contributed by atoms with Crippen molar-refractivity contribution in [2.45, 2.75) is 57.0 Å². The maximum atomic E-state index is 13.2. The lowest BCUT2D eigenvalue weighted by Crippen LogP contribution is -2.33. The van der Waals surface area contributed by atoms with E-state index < -0.39 is 11.6 Å². The molecule has 2 N–H and O–H groups in total. The van der Waals surface area contributed by atoms with E-state index in [0.717, 1.165) is 19.0 Å². The van der Waals surface area contributed by atoms with E-state index in [2.05, 4.69) is 11.9 Å². The van der Waals surface area contributed by atoms with E-state index in [9.17, 15) is 8.78 Å². The molecule has 1 saturated carbocycles.